The maximum atomic E-state index is 14.8. The highest BCUT2D eigenvalue weighted by Gasteiger charge is 2.67. The van der Waals surface area contributed by atoms with Crippen LogP contribution in [-0.2, 0) is 4.74 Å². The van der Waals surface area contributed by atoms with Gasteiger partial charge in [-0.05, 0) is 36.6 Å². The number of aromatic nitrogens is 5. The quantitative estimate of drug-likeness (QED) is 0.618. The molecule has 2 aromatic heterocycles. The van der Waals surface area contributed by atoms with Crippen molar-refractivity contribution in [1.82, 2.24) is 24.7 Å². The number of phenols is 1. The number of fused-ring (bicyclic) bond motifs is 2. The van der Waals surface area contributed by atoms with E-state index in [1.165, 1.54) is 6.20 Å². The summed E-state index contributed by atoms with van der Waals surface area (Å²) in [5.41, 5.74) is 0.652. The molecule has 9 heteroatoms. The predicted molar refractivity (Wildman–Crippen MR) is 118 cm³/mol. The molecule has 2 aliphatic carbocycles. The summed E-state index contributed by atoms with van der Waals surface area (Å²) in [6.07, 6.45) is 8.30. The number of phenolic OH excluding ortho intramolecular Hbond substituents is 1. The topological polar surface area (TPSA) is 86.0 Å². The van der Waals surface area contributed by atoms with E-state index in [2.05, 4.69) is 20.2 Å². The van der Waals surface area contributed by atoms with Crippen LogP contribution in [0, 0.1) is 10.8 Å². The minimum absolute atomic E-state index is 0.0368. The second-order valence-electron chi connectivity index (χ2n) is 9.66. The van der Waals surface area contributed by atoms with E-state index in [0.717, 1.165) is 11.3 Å². The van der Waals surface area contributed by atoms with Crippen LogP contribution in [-0.4, -0.2) is 49.0 Å². The zero-order valence-corrected chi connectivity index (χ0v) is 18.7. The van der Waals surface area contributed by atoms with Gasteiger partial charge in [0.25, 0.3) is 5.92 Å². The minimum atomic E-state index is -2.75. The third-order valence-electron chi connectivity index (χ3n) is 7.06. The Morgan fingerprint density at radius 1 is 1.21 bits per heavy atom. The van der Waals surface area contributed by atoms with Crippen molar-refractivity contribution in [2.75, 3.05) is 7.11 Å². The van der Waals surface area contributed by atoms with Crippen molar-refractivity contribution < 1.29 is 18.6 Å². The monoisotopic (exact) mass is 453 g/mol. The zero-order valence-electron chi connectivity index (χ0n) is 18.7. The van der Waals surface area contributed by atoms with Gasteiger partial charge in [-0.25, -0.2) is 18.7 Å². The summed E-state index contributed by atoms with van der Waals surface area (Å²) in [6, 6.07) is 5.17. The van der Waals surface area contributed by atoms with Crippen LogP contribution in [0.2, 0.25) is 0 Å². The molecule has 2 fully saturated rings. The maximum Gasteiger partial charge on any atom is 0.254 e. The minimum Gasteiger partial charge on any atom is -0.507 e. The van der Waals surface area contributed by atoms with Crippen molar-refractivity contribution in [1.29, 1.82) is 0 Å². The highest BCUT2D eigenvalue weighted by Crippen LogP contribution is 2.66. The number of aromatic hydroxyl groups is 1. The first-order valence-corrected chi connectivity index (χ1v) is 10.8. The van der Waals surface area contributed by atoms with Gasteiger partial charge >= 0.3 is 0 Å². The molecule has 7 nitrogen and oxygen atoms in total. The molecule has 1 N–H and O–H groups in total. The van der Waals surface area contributed by atoms with Gasteiger partial charge in [-0.3, -0.25) is 0 Å². The Morgan fingerprint density at radius 2 is 2.03 bits per heavy atom. The van der Waals surface area contributed by atoms with Crippen LogP contribution < -0.4 is 0 Å². The lowest BCUT2D eigenvalue weighted by Gasteiger charge is -2.42. The van der Waals surface area contributed by atoms with E-state index in [1.807, 2.05) is 13.0 Å². The Hall–Kier alpha value is -3.20. The van der Waals surface area contributed by atoms with Crippen molar-refractivity contribution in [2.45, 2.75) is 45.1 Å². The molecule has 2 heterocycles. The Morgan fingerprint density at radius 3 is 2.67 bits per heavy atom. The average molecular weight is 453 g/mol. The molecular weight excluding hydrogens is 428 g/mol. The smallest absolute Gasteiger partial charge is 0.254 e. The molecular formula is C24H25F2N5O2. The molecule has 3 aromatic rings. The molecule has 3 atom stereocenters. The fourth-order valence-corrected chi connectivity index (χ4v) is 5.68. The highest BCUT2D eigenvalue weighted by molar-refractivity contribution is 5.68. The number of hydrogen-bond donors (Lipinski definition) is 1. The van der Waals surface area contributed by atoms with E-state index in [-0.39, 0.29) is 18.6 Å². The molecule has 0 saturated heterocycles. The fraction of sp³-hybridized carbons (Fsp3) is 0.417. The molecule has 0 aliphatic heterocycles. The molecule has 2 saturated carbocycles. The molecule has 2 aliphatic rings. The number of halogens is 2. The lowest BCUT2D eigenvalue weighted by molar-refractivity contribution is -0.0888. The molecule has 0 amide bonds. The molecule has 172 valence electrons. The van der Waals surface area contributed by atoms with Gasteiger partial charge in [0.15, 0.2) is 5.82 Å². The third-order valence-corrected chi connectivity index (χ3v) is 7.06. The summed E-state index contributed by atoms with van der Waals surface area (Å²) in [5, 5.41) is 18.9. The Kier molecular flexibility index (Phi) is 4.86. The van der Waals surface area contributed by atoms with E-state index in [9.17, 15) is 13.9 Å². The van der Waals surface area contributed by atoms with Crippen LogP contribution in [0.5, 0.6) is 5.75 Å². The van der Waals surface area contributed by atoms with Crippen molar-refractivity contribution in [3.63, 3.8) is 0 Å². The second-order valence-corrected chi connectivity index (χ2v) is 9.66. The van der Waals surface area contributed by atoms with E-state index in [0.29, 0.717) is 23.5 Å². The number of imidazole rings is 1. The summed E-state index contributed by atoms with van der Waals surface area (Å²) in [6.45, 7) is 3.52. The van der Waals surface area contributed by atoms with Gasteiger partial charge in [-0.1, -0.05) is 13.8 Å². The van der Waals surface area contributed by atoms with Crippen molar-refractivity contribution >= 4 is 6.08 Å². The number of methoxy groups -OCH3 is 1. The molecule has 0 spiro atoms. The SMILES string of the molecule is CO[C@@H]1/C(=C\c2ncc(-c3ccc(-n4ccnc4)cc3O)nn2)C[C@@]2(C)C[C@]1(C)CC2(F)F. The molecule has 2 bridgehead atoms. The van der Waals surface area contributed by atoms with Crippen LogP contribution >= 0.6 is 0 Å². The van der Waals surface area contributed by atoms with Gasteiger partial charge in [-0.15, -0.1) is 10.2 Å². The van der Waals surface area contributed by atoms with E-state index >= 15 is 0 Å². The van der Waals surface area contributed by atoms with Crippen molar-refractivity contribution in [3.8, 4) is 22.7 Å². The van der Waals surface area contributed by atoms with Crippen LogP contribution in [0.25, 0.3) is 23.0 Å². The first kappa shape index (κ1) is 21.6. The summed E-state index contributed by atoms with van der Waals surface area (Å²) in [5.74, 6) is -2.39. The number of ether oxygens (including phenoxy) is 1. The predicted octanol–water partition coefficient (Wildman–Crippen LogP) is 4.67. The Labute approximate surface area is 190 Å². The molecule has 33 heavy (non-hydrogen) atoms. The molecule has 0 radical (unpaired) electrons. The van der Waals surface area contributed by atoms with Gasteiger partial charge in [0, 0.05) is 48.4 Å². The number of rotatable bonds is 4. The second kappa shape index (κ2) is 7.41. The normalized spacial score (nSPS) is 29.5. The van der Waals surface area contributed by atoms with Crippen LogP contribution in [0.3, 0.4) is 0 Å². The average Bonchev–Trinajstić information content (AvgIpc) is 3.32. The van der Waals surface area contributed by atoms with Gasteiger partial charge in [0.1, 0.15) is 11.4 Å². The summed E-state index contributed by atoms with van der Waals surface area (Å²) in [4.78, 5) is 8.36. The summed E-state index contributed by atoms with van der Waals surface area (Å²) < 4.78 is 37.0. The first-order valence-electron chi connectivity index (χ1n) is 10.8. The molecule has 0 unspecified atom stereocenters. The van der Waals surface area contributed by atoms with Crippen LogP contribution in [0.15, 0.2) is 48.7 Å². The fourth-order valence-electron chi connectivity index (χ4n) is 5.68. The van der Waals surface area contributed by atoms with Gasteiger partial charge < -0.3 is 14.4 Å². The Bertz CT molecular complexity index is 1210. The number of alkyl halides is 2. The van der Waals surface area contributed by atoms with E-state index in [1.54, 1.807) is 55.5 Å². The van der Waals surface area contributed by atoms with Gasteiger partial charge in [0.2, 0.25) is 0 Å². The zero-order chi connectivity index (χ0) is 23.4. The van der Waals surface area contributed by atoms with Crippen molar-refractivity contribution in [2.24, 2.45) is 10.8 Å². The molecule has 5 rings (SSSR count). The van der Waals surface area contributed by atoms with Crippen LogP contribution in [0.1, 0.15) is 38.9 Å². The third kappa shape index (κ3) is 3.51. The number of benzene rings is 1. The summed E-state index contributed by atoms with van der Waals surface area (Å²) in [7, 11) is 1.56. The van der Waals surface area contributed by atoms with E-state index in [4.69, 9.17) is 4.74 Å². The summed E-state index contributed by atoms with van der Waals surface area (Å²) >= 11 is 0. The largest absolute Gasteiger partial charge is 0.507 e. The van der Waals surface area contributed by atoms with Crippen molar-refractivity contribution in [3.05, 3.63) is 54.5 Å². The highest BCUT2D eigenvalue weighted by atomic mass is 19.3. The van der Waals surface area contributed by atoms with Crippen LogP contribution in [0.4, 0.5) is 8.78 Å². The Balaban J connectivity index is 1.43. The number of nitrogens with zero attached hydrogens (tertiary/aromatic N) is 5. The van der Waals surface area contributed by atoms with Gasteiger partial charge in [-0.2, -0.15) is 0 Å². The number of hydrogen-bond acceptors (Lipinski definition) is 6. The molecule has 1 aromatic carbocycles. The van der Waals surface area contributed by atoms with E-state index < -0.39 is 22.9 Å². The van der Waals surface area contributed by atoms with Gasteiger partial charge in [0.05, 0.1) is 24.3 Å². The standard InChI is InChI=1S/C24H25F2N5O2/c1-22-12-23(2,24(25,26)13-22)10-15(21(22)33-3)8-20-28-11-18(29-30-20)17-5-4-16(9-19(17)32)31-7-6-27-14-31/h4-9,11,14,21,32H,10,12-13H2,1-3H3/b15-8-/t21-,22-,23+/m1/s1. The lowest BCUT2D eigenvalue weighted by Crippen LogP contribution is -2.40. The first-order chi connectivity index (χ1) is 15.6. The lowest BCUT2D eigenvalue weighted by atomic mass is 9.66. The maximum absolute atomic E-state index is 14.8.